The van der Waals surface area contributed by atoms with Gasteiger partial charge in [-0.05, 0) is 44.9 Å². The van der Waals surface area contributed by atoms with Crippen molar-refractivity contribution in [2.75, 3.05) is 40.9 Å². The van der Waals surface area contributed by atoms with Gasteiger partial charge in [0.1, 0.15) is 13.2 Å². The van der Waals surface area contributed by atoms with E-state index in [9.17, 15) is 19.4 Å². The Morgan fingerprint density at radius 2 is 0.609 bits per heavy atom. The highest BCUT2D eigenvalue weighted by Gasteiger charge is 2.23. The van der Waals surface area contributed by atoms with Crippen LogP contribution in [0, 0.1) is 0 Å². The van der Waals surface area contributed by atoms with Crippen LogP contribution in [0.1, 0.15) is 438 Å². The van der Waals surface area contributed by atoms with Crippen LogP contribution in [0.25, 0.3) is 0 Å². The van der Waals surface area contributed by atoms with E-state index < -0.39 is 26.6 Å². The first kappa shape index (κ1) is 90.7. The number of unbranched alkanes of at least 4 members (excludes halogenated alkanes) is 61. The molecule has 3 unspecified atom stereocenters. The minimum atomic E-state index is -4.62. The summed E-state index contributed by atoms with van der Waals surface area (Å²) in [5, 5.41) is 14.0. The SMILES string of the molecule is CCCCCCCCCCCCCCCCCCCCCCC/C=C/CC/C=C/CC/C=C/C(O)C(COP(=O)([O-])OCC[N+](C)(C)C)NC(=O)CCCCCCCCCCCCCCCCCCCCCCCCCCCCCCCCCCCCCCCCC. The second-order valence-corrected chi connectivity index (χ2v) is 31.2. The largest absolute Gasteiger partial charge is 0.756 e. The van der Waals surface area contributed by atoms with E-state index in [2.05, 4.69) is 43.5 Å². The summed E-state index contributed by atoms with van der Waals surface area (Å²) < 4.78 is 23.5. The summed E-state index contributed by atoms with van der Waals surface area (Å²) in [6.45, 7) is 4.69. The van der Waals surface area contributed by atoms with Gasteiger partial charge in [-0.1, -0.05) is 423 Å². The van der Waals surface area contributed by atoms with E-state index in [1.165, 1.54) is 372 Å². The van der Waals surface area contributed by atoms with Gasteiger partial charge >= 0.3 is 0 Å². The Labute approximate surface area is 576 Å². The molecule has 2 N–H and O–H groups in total. The molecule has 92 heavy (non-hydrogen) atoms. The topological polar surface area (TPSA) is 108 Å². The standard InChI is InChI=1S/C83H163N2O6P/c1-6-8-10-12-14-16-18-20-22-24-26-28-30-32-34-36-38-39-40-41-42-43-44-45-47-49-51-53-55-57-59-61-63-65-67-69-71-73-75-77-83(87)84-81(80-91-92(88,89)90-79-78-85(3,4)5)82(86)76-74-72-70-68-66-64-62-60-58-56-54-52-50-48-46-37-35-33-31-29-27-25-23-21-19-17-15-13-11-9-7-2/h58,60,66,68,74,76,81-82,86H,6-57,59,61-65,67,69-73,75,77-80H2,1-5H3,(H-,84,87,88,89)/b60-58+,68-66+,76-74+. The molecule has 0 aromatic rings. The zero-order valence-corrected chi connectivity index (χ0v) is 63.7. The number of aliphatic hydroxyl groups is 1. The quantitative estimate of drug-likeness (QED) is 0.0272. The van der Waals surface area contributed by atoms with Gasteiger partial charge < -0.3 is 28.8 Å². The van der Waals surface area contributed by atoms with E-state index in [-0.39, 0.29) is 12.5 Å². The van der Waals surface area contributed by atoms with Gasteiger partial charge in [-0.2, -0.15) is 0 Å². The molecule has 0 aliphatic carbocycles. The smallest absolute Gasteiger partial charge is 0.268 e. The molecule has 546 valence electrons. The molecule has 0 aliphatic heterocycles. The highest BCUT2D eigenvalue weighted by molar-refractivity contribution is 7.45. The van der Waals surface area contributed by atoms with Crippen molar-refractivity contribution in [1.29, 1.82) is 0 Å². The zero-order chi connectivity index (χ0) is 66.9. The molecule has 9 heteroatoms. The van der Waals surface area contributed by atoms with Crippen LogP contribution >= 0.6 is 7.82 Å². The van der Waals surface area contributed by atoms with Gasteiger partial charge in [-0.3, -0.25) is 9.36 Å². The lowest BCUT2D eigenvalue weighted by Crippen LogP contribution is -2.45. The molecule has 0 rings (SSSR count). The van der Waals surface area contributed by atoms with Crippen LogP contribution < -0.4 is 10.2 Å². The van der Waals surface area contributed by atoms with Gasteiger partial charge in [0.2, 0.25) is 5.91 Å². The van der Waals surface area contributed by atoms with Crippen molar-refractivity contribution >= 4 is 13.7 Å². The number of phosphoric acid groups is 1. The third kappa shape index (κ3) is 76.1. The maximum atomic E-state index is 13.1. The van der Waals surface area contributed by atoms with Crippen molar-refractivity contribution in [1.82, 2.24) is 5.32 Å². The molecule has 0 spiro atoms. The third-order valence-corrected chi connectivity index (χ3v) is 20.3. The summed E-state index contributed by atoms with van der Waals surface area (Å²) in [5.74, 6) is -0.202. The van der Waals surface area contributed by atoms with Crippen molar-refractivity contribution in [2.45, 2.75) is 450 Å². The first-order valence-corrected chi connectivity index (χ1v) is 42.8. The number of quaternary nitrogens is 1. The molecule has 0 heterocycles. The van der Waals surface area contributed by atoms with Crippen LogP contribution in [0.5, 0.6) is 0 Å². The summed E-state index contributed by atoms with van der Waals surface area (Å²) in [6.07, 6.45) is 101. The van der Waals surface area contributed by atoms with E-state index in [4.69, 9.17) is 9.05 Å². The van der Waals surface area contributed by atoms with E-state index >= 15 is 0 Å². The molecule has 1 amide bonds. The number of carbonyl (C=O) groups excluding carboxylic acids is 1. The summed E-state index contributed by atoms with van der Waals surface area (Å²) >= 11 is 0. The average Bonchev–Trinajstić information content (AvgIpc) is 3.24. The number of nitrogens with zero attached hydrogens (tertiary/aromatic N) is 1. The van der Waals surface area contributed by atoms with Crippen LogP contribution in [0.4, 0.5) is 0 Å². The highest BCUT2D eigenvalue weighted by Crippen LogP contribution is 2.38. The summed E-state index contributed by atoms with van der Waals surface area (Å²) in [7, 11) is 1.26. The number of rotatable bonds is 78. The zero-order valence-electron chi connectivity index (χ0n) is 62.8. The van der Waals surface area contributed by atoms with Gasteiger partial charge in [0.15, 0.2) is 0 Å². The van der Waals surface area contributed by atoms with Gasteiger partial charge in [0.25, 0.3) is 7.82 Å². The number of aliphatic hydroxyl groups excluding tert-OH is 1. The summed E-state index contributed by atoms with van der Waals surface area (Å²) in [5.41, 5.74) is 0. The molecule has 0 aliphatic rings. The number of allylic oxidation sites excluding steroid dienone is 5. The van der Waals surface area contributed by atoms with Crippen molar-refractivity contribution in [3.8, 4) is 0 Å². The van der Waals surface area contributed by atoms with Crippen LogP contribution in [0.2, 0.25) is 0 Å². The van der Waals surface area contributed by atoms with Crippen molar-refractivity contribution in [2.24, 2.45) is 0 Å². The van der Waals surface area contributed by atoms with E-state index in [1.807, 2.05) is 27.2 Å². The number of hydrogen-bond acceptors (Lipinski definition) is 6. The Bertz CT molecular complexity index is 1600. The van der Waals surface area contributed by atoms with E-state index in [1.54, 1.807) is 6.08 Å². The van der Waals surface area contributed by atoms with Crippen LogP contribution in [-0.4, -0.2) is 68.5 Å². The highest BCUT2D eigenvalue weighted by atomic mass is 31.2. The van der Waals surface area contributed by atoms with Crippen LogP contribution in [-0.2, 0) is 18.4 Å². The lowest BCUT2D eigenvalue weighted by molar-refractivity contribution is -0.870. The molecule has 0 saturated carbocycles. The van der Waals surface area contributed by atoms with E-state index in [0.29, 0.717) is 17.4 Å². The van der Waals surface area contributed by atoms with Crippen molar-refractivity contribution in [3.63, 3.8) is 0 Å². The Morgan fingerprint density at radius 1 is 0.370 bits per heavy atom. The first-order valence-electron chi connectivity index (χ1n) is 41.4. The molecule has 0 saturated heterocycles. The fraction of sp³-hybridized carbons (Fsp3) is 0.916. The minimum absolute atomic E-state index is 0.00690. The third-order valence-electron chi connectivity index (χ3n) is 19.3. The Balaban J connectivity index is 3.95. The maximum absolute atomic E-state index is 13.1. The Morgan fingerprint density at radius 3 is 0.880 bits per heavy atom. The molecule has 0 aromatic carbocycles. The number of likely N-dealkylation sites (N-methyl/N-ethyl adjacent to an activating group) is 1. The maximum Gasteiger partial charge on any atom is 0.268 e. The van der Waals surface area contributed by atoms with Crippen molar-refractivity contribution in [3.05, 3.63) is 36.5 Å². The molecule has 0 radical (unpaired) electrons. The molecule has 0 aromatic heterocycles. The summed E-state index contributed by atoms with van der Waals surface area (Å²) in [4.78, 5) is 25.7. The van der Waals surface area contributed by atoms with Crippen molar-refractivity contribution < 1.29 is 32.9 Å². The van der Waals surface area contributed by atoms with Gasteiger partial charge in [0.05, 0.1) is 39.9 Å². The number of hydrogen-bond donors (Lipinski definition) is 2. The summed E-state index contributed by atoms with van der Waals surface area (Å²) in [6, 6.07) is -0.911. The Hall–Kier alpha value is -1.28. The molecular weight excluding hydrogens is 1150 g/mol. The fourth-order valence-electron chi connectivity index (χ4n) is 13.0. The predicted molar refractivity (Wildman–Crippen MR) is 404 cm³/mol. The van der Waals surface area contributed by atoms with Crippen LogP contribution in [0.15, 0.2) is 36.5 Å². The van der Waals surface area contributed by atoms with Gasteiger partial charge in [-0.15, -0.1) is 0 Å². The molecule has 3 atom stereocenters. The average molecular weight is 1320 g/mol. The number of carbonyl (C=O) groups is 1. The number of amides is 1. The predicted octanol–water partition coefficient (Wildman–Crippen LogP) is 26.5. The van der Waals surface area contributed by atoms with Gasteiger partial charge in [-0.25, -0.2) is 0 Å². The second-order valence-electron chi connectivity index (χ2n) is 29.8. The van der Waals surface area contributed by atoms with Gasteiger partial charge in [0, 0.05) is 6.42 Å². The molecule has 0 bridgehead atoms. The lowest BCUT2D eigenvalue weighted by atomic mass is 10.0. The minimum Gasteiger partial charge on any atom is -0.756 e. The molecule has 8 nitrogen and oxygen atoms in total. The lowest BCUT2D eigenvalue weighted by Gasteiger charge is -2.29. The molecular formula is C83H163N2O6P. The van der Waals surface area contributed by atoms with Crippen LogP contribution in [0.3, 0.4) is 0 Å². The number of phosphoric ester groups is 1. The number of nitrogens with one attached hydrogen (secondary N) is 1. The van der Waals surface area contributed by atoms with E-state index in [0.717, 1.165) is 44.9 Å². The Kier molecular flexibility index (Phi) is 72.9. The first-order chi connectivity index (χ1) is 45.0. The molecule has 0 fully saturated rings. The second kappa shape index (κ2) is 74.0. The fourth-order valence-corrected chi connectivity index (χ4v) is 13.7. The monoisotopic (exact) mass is 1320 g/mol. The normalized spacial score (nSPS) is 13.6.